The average Bonchev–Trinajstić information content (AvgIpc) is 2.39. The molecule has 3 unspecified atom stereocenters. The zero-order chi connectivity index (χ0) is 12.3. The van der Waals surface area contributed by atoms with Gasteiger partial charge in [0.1, 0.15) is 0 Å². The van der Waals surface area contributed by atoms with Crippen LogP contribution in [0.15, 0.2) is 0 Å². The molecule has 0 radical (unpaired) electrons. The van der Waals surface area contributed by atoms with Gasteiger partial charge < -0.3 is 15.0 Å². The minimum absolute atomic E-state index is 0.0506. The zero-order valence-electron chi connectivity index (χ0n) is 10.9. The van der Waals surface area contributed by atoms with Crippen LogP contribution in [-0.2, 0) is 9.53 Å². The molecule has 2 rings (SSSR count). The maximum atomic E-state index is 12.3. The molecule has 0 aliphatic carbocycles. The number of ether oxygens (including phenoxy) is 1. The van der Waals surface area contributed by atoms with Gasteiger partial charge in [-0.1, -0.05) is 13.3 Å². The molecule has 0 bridgehead atoms. The molecular weight excluding hydrogens is 216 g/mol. The molecule has 1 amide bonds. The fourth-order valence-corrected chi connectivity index (χ4v) is 2.82. The summed E-state index contributed by atoms with van der Waals surface area (Å²) in [4.78, 5) is 14.3. The van der Waals surface area contributed by atoms with Crippen LogP contribution in [0.25, 0.3) is 0 Å². The van der Waals surface area contributed by atoms with Gasteiger partial charge in [-0.15, -0.1) is 0 Å². The van der Waals surface area contributed by atoms with Crippen LogP contribution in [0.2, 0.25) is 0 Å². The highest BCUT2D eigenvalue weighted by atomic mass is 16.5. The Bertz CT molecular complexity index is 264. The predicted octanol–water partition coefficient (Wildman–Crippen LogP) is 1.01. The Morgan fingerprint density at radius 1 is 1.35 bits per heavy atom. The molecule has 98 valence electrons. The second kappa shape index (κ2) is 5.83. The number of nitrogens with zero attached hydrogens (tertiary/aromatic N) is 1. The Balaban J connectivity index is 1.90. The zero-order valence-corrected chi connectivity index (χ0v) is 10.9. The van der Waals surface area contributed by atoms with E-state index in [4.69, 9.17) is 4.74 Å². The topological polar surface area (TPSA) is 41.6 Å². The molecule has 0 aromatic carbocycles. The highest BCUT2D eigenvalue weighted by Crippen LogP contribution is 2.21. The first-order valence-corrected chi connectivity index (χ1v) is 6.77. The first-order valence-electron chi connectivity index (χ1n) is 6.77. The molecular formula is C13H24N2O2. The minimum Gasteiger partial charge on any atom is -0.379 e. The second-order valence-electron chi connectivity index (χ2n) is 5.33. The van der Waals surface area contributed by atoms with Gasteiger partial charge in [-0.3, -0.25) is 4.79 Å². The quantitative estimate of drug-likeness (QED) is 0.783. The number of hydrogen-bond donors (Lipinski definition) is 1. The summed E-state index contributed by atoms with van der Waals surface area (Å²) >= 11 is 0. The summed E-state index contributed by atoms with van der Waals surface area (Å²) in [5, 5.41) is 3.33. The maximum Gasteiger partial charge on any atom is 0.239 e. The van der Waals surface area contributed by atoms with Gasteiger partial charge >= 0.3 is 0 Å². The van der Waals surface area contributed by atoms with E-state index in [-0.39, 0.29) is 18.1 Å². The van der Waals surface area contributed by atoms with Gasteiger partial charge in [0.25, 0.3) is 0 Å². The van der Waals surface area contributed by atoms with Gasteiger partial charge in [0.05, 0.1) is 12.1 Å². The lowest BCUT2D eigenvalue weighted by Gasteiger charge is -2.38. The number of carbonyl (C=O) groups is 1. The summed E-state index contributed by atoms with van der Waals surface area (Å²) in [6.45, 7) is 4.83. The van der Waals surface area contributed by atoms with Gasteiger partial charge in [-0.25, -0.2) is 0 Å². The van der Waals surface area contributed by atoms with Crippen molar-refractivity contribution < 1.29 is 9.53 Å². The lowest BCUT2D eigenvalue weighted by Crippen LogP contribution is -2.54. The van der Waals surface area contributed by atoms with E-state index in [2.05, 4.69) is 12.2 Å². The highest BCUT2D eigenvalue weighted by Gasteiger charge is 2.32. The number of carbonyl (C=O) groups excluding carboxylic acids is 1. The molecule has 4 nitrogen and oxygen atoms in total. The van der Waals surface area contributed by atoms with Crippen molar-refractivity contribution in [2.45, 2.75) is 44.8 Å². The average molecular weight is 240 g/mol. The Kier molecular flexibility index (Phi) is 4.40. The van der Waals surface area contributed by atoms with Crippen LogP contribution in [-0.4, -0.2) is 49.7 Å². The number of hydrogen-bond acceptors (Lipinski definition) is 3. The van der Waals surface area contributed by atoms with Crippen LogP contribution in [0.3, 0.4) is 0 Å². The van der Waals surface area contributed by atoms with E-state index < -0.39 is 0 Å². The van der Waals surface area contributed by atoms with Crippen molar-refractivity contribution in [3.05, 3.63) is 0 Å². The van der Waals surface area contributed by atoms with E-state index in [0.29, 0.717) is 5.92 Å². The molecule has 0 aromatic rings. The Labute approximate surface area is 104 Å². The molecule has 4 heteroatoms. The van der Waals surface area contributed by atoms with Gasteiger partial charge in [-0.05, 0) is 31.7 Å². The van der Waals surface area contributed by atoms with Gasteiger partial charge in [0, 0.05) is 20.2 Å². The van der Waals surface area contributed by atoms with Crippen LogP contribution < -0.4 is 5.32 Å². The van der Waals surface area contributed by atoms with Crippen LogP contribution in [0.4, 0.5) is 0 Å². The van der Waals surface area contributed by atoms with Crippen molar-refractivity contribution in [1.82, 2.24) is 10.2 Å². The molecule has 2 saturated heterocycles. The summed E-state index contributed by atoms with van der Waals surface area (Å²) in [5.41, 5.74) is 0. The first kappa shape index (κ1) is 12.8. The number of piperidine rings is 2. The molecule has 17 heavy (non-hydrogen) atoms. The second-order valence-corrected chi connectivity index (χ2v) is 5.33. The highest BCUT2D eigenvalue weighted by molar-refractivity contribution is 5.82. The predicted molar refractivity (Wildman–Crippen MR) is 66.8 cm³/mol. The monoisotopic (exact) mass is 240 g/mol. The summed E-state index contributed by atoms with van der Waals surface area (Å²) in [6.07, 6.45) is 4.61. The van der Waals surface area contributed by atoms with Gasteiger partial charge in [0.15, 0.2) is 0 Å². The van der Waals surface area contributed by atoms with E-state index >= 15 is 0 Å². The van der Waals surface area contributed by atoms with Crippen molar-refractivity contribution in [3.8, 4) is 0 Å². The van der Waals surface area contributed by atoms with E-state index in [9.17, 15) is 4.79 Å². The Hall–Kier alpha value is -0.610. The molecule has 2 aliphatic heterocycles. The van der Waals surface area contributed by atoms with Crippen molar-refractivity contribution in [2.75, 3.05) is 26.7 Å². The van der Waals surface area contributed by atoms with Crippen LogP contribution in [0.1, 0.15) is 32.6 Å². The Morgan fingerprint density at radius 3 is 2.82 bits per heavy atom. The third-order valence-corrected chi connectivity index (χ3v) is 4.11. The van der Waals surface area contributed by atoms with Crippen LogP contribution in [0.5, 0.6) is 0 Å². The Morgan fingerprint density at radius 2 is 2.18 bits per heavy atom. The number of methoxy groups -OCH3 is 1. The largest absolute Gasteiger partial charge is 0.379 e. The normalized spacial score (nSPS) is 34.7. The molecule has 0 aromatic heterocycles. The molecule has 1 N–H and O–H groups in total. The lowest BCUT2D eigenvalue weighted by molar-refractivity contribution is -0.139. The van der Waals surface area contributed by atoms with Gasteiger partial charge in [-0.2, -0.15) is 0 Å². The SMILES string of the molecule is COC1CN(C(=O)C2CCCCN2)CCC1C. The van der Waals surface area contributed by atoms with Crippen molar-refractivity contribution in [2.24, 2.45) is 5.92 Å². The molecule has 2 aliphatic rings. The number of likely N-dealkylation sites (tertiary alicyclic amines) is 1. The first-order chi connectivity index (χ1) is 8.22. The summed E-state index contributed by atoms with van der Waals surface area (Å²) in [5.74, 6) is 0.835. The summed E-state index contributed by atoms with van der Waals surface area (Å²) < 4.78 is 5.46. The van der Waals surface area contributed by atoms with E-state index in [0.717, 1.165) is 32.5 Å². The van der Waals surface area contributed by atoms with Crippen LogP contribution in [0, 0.1) is 5.92 Å². The van der Waals surface area contributed by atoms with Gasteiger partial charge in [0.2, 0.25) is 5.91 Å². The van der Waals surface area contributed by atoms with E-state index in [1.165, 1.54) is 12.8 Å². The van der Waals surface area contributed by atoms with Crippen molar-refractivity contribution in [3.63, 3.8) is 0 Å². The van der Waals surface area contributed by atoms with E-state index in [1.54, 1.807) is 7.11 Å². The molecule has 3 atom stereocenters. The summed E-state index contributed by atoms with van der Waals surface area (Å²) in [6, 6.07) is 0.0506. The molecule has 0 saturated carbocycles. The lowest BCUT2D eigenvalue weighted by atomic mass is 9.94. The molecule has 2 heterocycles. The smallest absolute Gasteiger partial charge is 0.239 e. The standard InChI is InChI=1S/C13H24N2O2/c1-10-6-8-15(9-12(10)17-2)13(16)11-5-3-4-7-14-11/h10-12,14H,3-9H2,1-2H3. The number of rotatable bonds is 2. The molecule has 2 fully saturated rings. The van der Waals surface area contributed by atoms with Crippen molar-refractivity contribution >= 4 is 5.91 Å². The fourth-order valence-electron chi connectivity index (χ4n) is 2.82. The van der Waals surface area contributed by atoms with Crippen molar-refractivity contribution in [1.29, 1.82) is 0 Å². The fraction of sp³-hybridized carbons (Fsp3) is 0.923. The third kappa shape index (κ3) is 2.99. The maximum absolute atomic E-state index is 12.3. The minimum atomic E-state index is 0.0506. The van der Waals surface area contributed by atoms with E-state index in [1.807, 2.05) is 4.90 Å². The number of amides is 1. The number of nitrogens with one attached hydrogen (secondary N) is 1. The summed E-state index contributed by atoms with van der Waals surface area (Å²) in [7, 11) is 1.74. The molecule has 0 spiro atoms. The van der Waals surface area contributed by atoms with Crippen LogP contribution >= 0.6 is 0 Å². The third-order valence-electron chi connectivity index (χ3n) is 4.11.